The Kier molecular flexibility index (Phi) is 3.41. The first kappa shape index (κ1) is 11.0. The lowest BCUT2D eigenvalue weighted by atomic mass is 10.3. The number of nitrogens with zero attached hydrogens (tertiary/aromatic N) is 1. The van der Waals surface area contributed by atoms with Crippen LogP contribution in [-0.2, 0) is 6.54 Å². The number of rotatable bonds is 5. The van der Waals surface area contributed by atoms with Gasteiger partial charge in [-0.05, 0) is 26.0 Å². The standard InChI is InChI=1S/C12H16N2O2/c1-3-5-13-7-10-8-16-12(14-10)11-9(2)4-6-15-11/h4,6,8,13H,3,5,7H2,1-2H3. The van der Waals surface area contributed by atoms with Crippen molar-refractivity contribution in [2.45, 2.75) is 26.8 Å². The van der Waals surface area contributed by atoms with Gasteiger partial charge in [-0.2, -0.15) is 0 Å². The van der Waals surface area contributed by atoms with Gasteiger partial charge < -0.3 is 14.2 Å². The Bertz CT molecular complexity index is 445. The molecule has 2 aromatic heterocycles. The fraction of sp³-hybridized carbons (Fsp3) is 0.417. The molecule has 0 radical (unpaired) electrons. The van der Waals surface area contributed by atoms with Crippen LogP contribution in [0.15, 0.2) is 27.4 Å². The predicted molar refractivity (Wildman–Crippen MR) is 60.9 cm³/mol. The maximum absolute atomic E-state index is 5.38. The van der Waals surface area contributed by atoms with E-state index in [4.69, 9.17) is 8.83 Å². The Morgan fingerprint density at radius 3 is 2.94 bits per heavy atom. The van der Waals surface area contributed by atoms with Crippen LogP contribution in [0, 0.1) is 6.92 Å². The van der Waals surface area contributed by atoms with Gasteiger partial charge in [0, 0.05) is 12.1 Å². The lowest BCUT2D eigenvalue weighted by molar-refractivity contribution is 0.515. The van der Waals surface area contributed by atoms with Crippen molar-refractivity contribution in [3.63, 3.8) is 0 Å². The molecule has 0 spiro atoms. The van der Waals surface area contributed by atoms with E-state index in [9.17, 15) is 0 Å². The van der Waals surface area contributed by atoms with Crippen LogP contribution in [0.2, 0.25) is 0 Å². The summed E-state index contributed by atoms with van der Waals surface area (Å²) in [6.45, 7) is 5.82. The average molecular weight is 220 g/mol. The number of hydrogen-bond donors (Lipinski definition) is 1. The first-order valence-electron chi connectivity index (χ1n) is 5.51. The fourth-order valence-corrected chi connectivity index (χ4v) is 1.48. The summed E-state index contributed by atoms with van der Waals surface area (Å²) >= 11 is 0. The van der Waals surface area contributed by atoms with Crippen LogP contribution >= 0.6 is 0 Å². The van der Waals surface area contributed by atoms with Crippen LogP contribution < -0.4 is 5.32 Å². The molecule has 86 valence electrons. The summed E-state index contributed by atoms with van der Waals surface area (Å²) in [4.78, 5) is 4.36. The SMILES string of the molecule is CCCNCc1coc(-c2occc2C)n1. The summed E-state index contributed by atoms with van der Waals surface area (Å²) in [7, 11) is 0. The van der Waals surface area contributed by atoms with Gasteiger partial charge in [0.1, 0.15) is 6.26 Å². The number of oxazole rings is 1. The number of hydrogen-bond acceptors (Lipinski definition) is 4. The average Bonchev–Trinajstić information content (AvgIpc) is 2.87. The second kappa shape index (κ2) is 4.99. The number of furan rings is 1. The highest BCUT2D eigenvalue weighted by Crippen LogP contribution is 2.23. The molecule has 0 saturated carbocycles. The molecule has 16 heavy (non-hydrogen) atoms. The monoisotopic (exact) mass is 220 g/mol. The third-order valence-electron chi connectivity index (χ3n) is 2.34. The van der Waals surface area contributed by atoms with Gasteiger partial charge >= 0.3 is 0 Å². The Morgan fingerprint density at radius 2 is 2.25 bits per heavy atom. The molecule has 0 aromatic carbocycles. The van der Waals surface area contributed by atoms with Crippen molar-refractivity contribution < 1.29 is 8.83 Å². The van der Waals surface area contributed by atoms with Gasteiger partial charge in [0.15, 0.2) is 5.76 Å². The topological polar surface area (TPSA) is 51.2 Å². The first-order chi connectivity index (χ1) is 7.81. The molecule has 1 N–H and O–H groups in total. The Morgan fingerprint density at radius 1 is 1.38 bits per heavy atom. The maximum atomic E-state index is 5.38. The molecule has 0 fully saturated rings. The highest BCUT2D eigenvalue weighted by molar-refractivity contribution is 5.50. The van der Waals surface area contributed by atoms with Crippen LogP contribution in [0.1, 0.15) is 24.6 Å². The lowest BCUT2D eigenvalue weighted by Crippen LogP contribution is -2.13. The smallest absolute Gasteiger partial charge is 0.263 e. The summed E-state index contributed by atoms with van der Waals surface area (Å²) in [5.41, 5.74) is 1.94. The van der Waals surface area contributed by atoms with Crippen molar-refractivity contribution in [1.82, 2.24) is 10.3 Å². The molecule has 0 aliphatic heterocycles. The molecule has 0 saturated heterocycles. The molecule has 4 heteroatoms. The minimum absolute atomic E-state index is 0.552. The van der Waals surface area contributed by atoms with E-state index in [1.54, 1.807) is 12.5 Å². The van der Waals surface area contributed by atoms with Crippen molar-refractivity contribution in [2.75, 3.05) is 6.54 Å². The molecule has 0 unspecified atom stereocenters. The van der Waals surface area contributed by atoms with Crippen molar-refractivity contribution in [3.05, 3.63) is 29.9 Å². The van der Waals surface area contributed by atoms with Gasteiger partial charge in [-0.3, -0.25) is 0 Å². The Balaban J connectivity index is 2.05. The number of aromatic nitrogens is 1. The van der Waals surface area contributed by atoms with Crippen molar-refractivity contribution in [3.8, 4) is 11.7 Å². The molecule has 0 aliphatic rings. The van der Waals surface area contributed by atoms with Crippen LogP contribution in [0.25, 0.3) is 11.7 Å². The van der Waals surface area contributed by atoms with E-state index >= 15 is 0 Å². The molecular weight excluding hydrogens is 204 g/mol. The summed E-state index contributed by atoms with van der Waals surface area (Å²) < 4.78 is 10.7. The molecular formula is C12H16N2O2. The quantitative estimate of drug-likeness (QED) is 0.787. The van der Waals surface area contributed by atoms with Gasteiger partial charge in [-0.15, -0.1) is 0 Å². The van der Waals surface area contributed by atoms with Crippen LogP contribution in [0.3, 0.4) is 0 Å². The molecule has 0 bridgehead atoms. The minimum Gasteiger partial charge on any atom is -0.459 e. The van der Waals surface area contributed by atoms with Gasteiger partial charge in [-0.25, -0.2) is 4.98 Å². The van der Waals surface area contributed by atoms with Gasteiger partial charge in [0.05, 0.1) is 12.0 Å². The molecule has 2 heterocycles. The molecule has 4 nitrogen and oxygen atoms in total. The van der Waals surface area contributed by atoms with Gasteiger partial charge in [-0.1, -0.05) is 6.92 Å². The van der Waals surface area contributed by atoms with E-state index in [1.165, 1.54) is 0 Å². The third kappa shape index (κ3) is 2.33. The summed E-state index contributed by atoms with van der Waals surface area (Å²) in [6, 6.07) is 1.90. The third-order valence-corrected chi connectivity index (χ3v) is 2.34. The summed E-state index contributed by atoms with van der Waals surface area (Å²) in [5, 5.41) is 3.27. The number of nitrogens with one attached hydrogen (secondary N) is 1. The van der Waals surface area contributed by atoms with E-state index < -0.39 is 0 Å². The highest BCUT2D eigenvalue weighted by Gasteiger charge is 2.11. The first-order valence-corrected chi connectivity index (χ1v) is 5.51. The fourth-order valence-electron chi connectivity index (χ4n) is 1.48. The van der Waals surface area contributed by atoms with Gasteiger partial charge in [0.25, 0.3) is 5.89 Å². The van der Waals surface area contributed by atoms with Gasteiger partial charge in [0.2, 0.25) is 0 Å². The van der Waals surface area contributed by atoms with Crippen molar-refractivity contribution in [2.24, 2.45) is 0 Å². The zero-order chi connectivity index (χ0) is 11.4. The van der Waals surface area contributed by atoms with Crippen molar-refractivity contribution >= 4 is 0 Å². The Labute approximate surface area is 94.7 Å². The second-order valence-corrected chi connectivity index (χ2v) is 3.75. The van der Waals surface area contributed by atoms with E-state index in [2.05, 4.69) is 17.2 Å². The zero-order valence-electron chi connectivity index (χ0n) is 9.62. The minimum atomic E-state index is 0.552. The van der Waals surface area contributed by atoms with Crippen LogP contribution in [0.5, 0.6) is 0 Å². The van der Waals surface area contributed by atoms with E-state index in [0.717, 1.165) is 30.8 Å². The molecule has 0 aliphatic carbocycles. The summed E-state index contributed by atoms with van der Waals surface area (Å²) in [6.07, 6.45) is 4.42. The van der Waals surface area contributed by atoms with Crippen LogP contribution in [-0.4, -0.2) is 11.5 Å². The lowest BCUT2D eigenvalue weighted by Gasteiger charge is -1.96. The highest BCUT2D eigenvalue weighted by atomic mass is 16.4. The van der Waals surface area contributed by atoms with E-state index in [0.29, 0.717) is 11.7 Å². The molecule has 0 amide bonds. The normalized spacial score (nSPS) is 10.9. The van der Waals surface area contributed by atoms with Crippen LogP contribution in [0.4, 0.5) is 0 Å². The summed E-state index contributed by atoms with van der Waals surface area (Å²) in [5.74, 6) is 1.26. The largest absolute Gasteiger partial charge is 0.459 e. The Hall–Kier alpha value is -1.55. The van der Waals surface area contributed by atoms with E-state index in [1.807, 2.05) is 13.0 Å². The van der Waals surface area contributed by atoms with E-state index in [-0.39, 0.29) is 0 Å². The molecule has 0 atom stereocenters. The second-order valence-electron chi connectivity index (χ2n) is 3.75. The van der Waals surface area contributed by atoms with Crippen molar-refractivity contribution in [1.29, 1.82) is 0 Å². The molecule has 2 rings (SSSR count). The maximum Gasteiger partial charge on any atom is 0.263 e. The number of aryl methyl sites for hydroxylation is 1. The predicted octanol–water partition coefficient (Wildman–Crippen LogP) is 2.74. The zero-order valence-corrected chi connectivity index (χ0v) is 9.62. The molecule has 2 aromatic rings.